The Hall–Kier alpha value is -2.55. The number of ether oxygens (including phenoxy) is 1. The number of hydrogen-bond donors (Lipinski definition) is 1. The van der Waals surface area contributed by atoms with Crippen molar-refractivity contribution in [2.24, 2.45) is 0 Å². The van der Waals surface area contributed by atoms with Gasteiger partial charge in [0.05, 0.1) is 6.42 Å². The van der Waals surface area contributed by atoms with Gasteiger partial charge in [0.1, 0.15) is 12.4 Å². The SMILES string of the molecule is C=CCOc1ccc(NC(=O)Cc2ccc(C)cc2C)cc1. The molecule has 3 nitrogen and oxygen atoms in total. The van der Waals surface area contributed by atoms with E-state index in [4.69, 9.17) is 4.74 Å². The summed E-state index contributed by atoms with van der Waals surface area (Å²) in [7, 11) is 0. The summed E-state index contributed by atoms with van der Waals surface area (Å²) < 4.78 is 5.41. The van der Waals surface area contributed by atoms with Crippen LogP contribution in [0.25, 0.3) is 0 Å². The van der Waals surface area contributed by atoms with E-state index in [1.54, 1.807) is 6.08 Å². The second kappa shape index (κ2) is 7.46. The van der Waals surface area contributed by atoms with E-state index in [0.717, 1.165) is 22.6 Å². The maximum atomic E-state index is 12.1. The van der Waals surface area contributed by atoms with Gasteiger partial charge in [0, 0.05) is 5.69 Å². The van der Waals surface area contributed by atoms with Crippen LogP contribution in [0, 0.1) is 13.8 Å². The van der Waals surface area contributed by atoms with E-state index in [9.17, 15) is 4.79 Å². The Labute approximate surface area is 131 Å². The molecule has 0 bridgehead atoms. The monoisotopic (exact) mass is 295 g/mol. The van der Waals surface area contributed by atoms with Gasteiger partial charge in [-0.25, -0.2) is 0 Å². The Morgan fingerprint density at radius 3 is 2.55 bits per heavy atom. The molecule has 2 aromatic rings. The van der Waals surface area contributed by atoms with Crippen molar-refractivity contribution in [1.29, 1.82) is 0 Å². The van der Waals surface area contributed by atoms with E-state index >= 15 is 0 Å². The van der Waals surface area contributed by atoms with Gasteiger partial charge >= 0.3 is 0 Å². The van der Waals surface area contributed by atoms with Crippen molar-refractivity contribution in [3.63, 3.8) is 0 Å². The van der Waals surface area contributed by atoms with Crippen LogP contribution in [0.4, 0.5) is 5.69 Å². The zero-order valence-corrected chi connectivity index (χ0v) is 13.1. The zero-order chi connectivity index (χ0) is 15.9. The van der Waals surface area contributed by atoms with Gasteiger partial charge in [0.15, 0.2) is 0 Å². The number of hydrogen-bond acceptors (Lipinski definition) is 2. The van der Waals surface area contributed by atoms with E-state index in [1.165, 1.54) is 5.56 Å². The smallest absolute Gasteiger partial charge is 0.228 e. The van der Waals surface area contributed by atoms with E-state index < -0.39 is 0 Å². The lowest BCUT2D eigenvalue weighted by molar-refractivity contribution is -0.115. The predicted octanol–water partition coefficient (Wildman–Crippen LogP) is 4.05. The summed E-state index contributed by atoms with van der Waals surface area (Å²) in [6, 6.07) is 13.5. The number of aryl methyl sites for hydroxylation is 2. The molecule has 0 radical (unpaired) electrons. The highest BCUT2D eigenvalue weighted by molar-refractivity contribution is 5.92. The highest BCUT2D eigenvalue weighted by Gasteiger charge is 2.07. The fourth-order valence-corrected chi connectivity index (χ4v) is 2.21. The molecule has 2 rings (SSSR count). The number of anilines is 1. The number of amides is 1. The number of carbonyl (C=O) groups excluding carboxylic acids is 1. The van der Waals surface area contributed by atoms with Gasteiger partial charge in [0.25, 0.3) is 0 Å². The Kier molecular flexibility index (Phi) is 5.37. The molecule has 0 atom stereocenters. The summed E-state index contributed by atoms with van der Waals surface area (Å²) in [5, 5.41) is 2.90. The molecule has 0 aliphatic carbocycles. The lowest BCUT2D eigenvalue weighted by atomic mass is 10.0. The van der Waals surface area contributed by atoms with Crippen LogP contribution in [-0.2, 0) is 11.2 Å². The molecule has 0 aliphatic rings. The number of rotatable bonds is 6. The van der Waals surface area contributed by atoms with Crippen LogP contribution in [0.15, 0.2) is 55.1 Å². The van der Waals surface area contributed by atoms with Crippen molar-refractivity contribution in [1.82, 2.24) is 0 Å². The summed E-state index contributed by atoms with van der Waals surface area (Å²) in [5.41, 5.74) is 4.16. The van der Waals surface area contributed by atoms with Gasteiger partial charge in [-0.15, -0.1) is 0 Å². The fourth-order valence-electron chi connectivity index (χ4n) is 2.21. The van der Waals surface area contributed by atoms with Gasteiger partial charge in [-0.3, -0.25) is 4.79 Å². The van der Waals surface area contributed by atoms with Crippen molar-refractivity contribution < 1.29 is 9.53 Å². The number of benzene rings is 2. The van der Waals surface area contributed by atoms with Crippen LogP contribution in [0.1, 0.15) is 16.7 Å². The van der Waals surface area contributed by atoms with Crippen molar-refractivity contribution >= 4 is 11.6 Å². The van der Waals surface area contributed by atoms with Gasteiger partial charge < -0.3 is 10.1 Å². The lowest BCUT2D eigenvalue weighted by Gasteiger charge is -2.09. The Balaban J connectivity index is 1.95. The van der Waals surface area contributed by atoms with Crippen LogP contribution < -0.4 is 10.1 Å². The highest BCUT2D eigenvalue weighted by Crippen LogP contribution is 2.17. The molecule has 22 heavy (non-hydrogen) atoms. The first kappa shape index (κ1) is 15.8. The molecule has 2 aromatic carbocycles. The maximum absolute atomic E-state index is 12.1. The van der Waals surface area contributed by atoms with E-state index in [1.807, 2.05) is 50.2 Å². The second-order valence-electron chi connectivity index (χ2n) is 5.28. The normalized spacial score (nSPS) is 10.1. The van der Waals surface area contributed by atoms with Crippen LogP contribution in [-0.4, -0.2) is 12.5 Å². The third-order valence-electron chi connectivity index (χ3n) is 3.36. The Bertz CT molecular complexity index is 660. The zero-order valence-electron chi connectivity index (χ0n) is 13.1. The van der Waals surface area contributed by atoms with Crippen molar-refractivity contribution in [3.8, 4) is 5.75 Å². The summed E-state index contributed by atoms with van der Waals surface area (Å²) in [5.74, 6) is 0.735. The summed E-state index contributed by atoms with van der Waals surface area (Å²) in [6.07, 6.45) is 2.07. The minimum Gasteiger partial charge on any atom is -0.490 e. The van der Waals surface area contributed by atoms with Crippen LogP contribution in [0.5, 0.6) is 5.75 Å². The molecule has 114 valence electrons. The largest absolute Gasteiger partial charge is 0.490 e. The van der Waals surface area contributed by atoms with Crippen molar-refractivity contribution in [3.05, 3.63) is 71.8 Å². The van der Waals surface area contributed by atoms with Crippen molar-refractivity contribution in [2.75, 3.05) is 11.9 Å². The van der Waals surface area contributed by atoms with Gasteiger partial charge in [-0.2, -0.15) is 0 Å². The second-order valence-corrected chi connectivity index (χ2v) is 5.28. The minimum atomic E-state index is -0.0216. The fraction of sp³-hybridized carbons (Fsp3) is 0.211. The van der Waals surface area contributed by atoms with E-state index in [-0.39, 0.29) is 5.91 Å². The molecule has 0 saturated carbocycles. The molecule has 0 spiro atoms. The molecular weight excluding hydrogens is 274 g/mol. The lowest BCUT2D eigenvalue weighted by Crippen LogP contribution is -2.15. The van der Waals surface area contributed by atoms with Crippen LogP contribution in [0.2, 0.25) is 0 Å². The molecular formula is C19H21NO2. The summed E-state index contributed by atoms with van der Waals surface area (Å²) in [6.45, 7) is 8.15. The standard InChI is InChI=1S/C19H21NO2/c1-4-11-22-18-9-7-17(8-10-18)20-19(21)13-16-6-5-14(2)12-15(16)3/h4-10,12H,1,11,13H2,2-3H3,(H,20,21). The molecule has 0 heterocycles. The third-order valence-corrected chi connectivity index (χ3v) is 3.36. The Morgan fingerprint density at radius 1 is 1.18 bits per heavy atom. The molecule has 1 amide bonds. The first-order chi connectivity index (χ1) is 10.6. The molecule has 1 N–H and O–H groups in total. The topological polar surface area (TPSA) is 38.3 Å². The average Bonchev–Trinajstić information content (AvgIpc) is 2.49. The van der Waals surface area contributed by atoms with E-state index in [2.05, 4.69) is 18.0 Å². The van der Waals surface area contributed by atoms with Crippen LogP contribution >= 0.6 is 0 Å². The molecule has 0 saturated heterocycles. The number of carbonyl (C=O) groups is 1. The molecule has 0 aromatic heterocycles. The summed E-state index contributed by atoms with van der Waals surface area (Å²) in [4.78, 5) is 12.1. The molecule has 0 aliphatic heterocycles. The van der Waals surface area contributed by atoms with Crippen LogP contribution in [0.3, 0.4) is 0 Å². The maximum Gasteiger partial charge on any atom is 0.228 e. The minimum absolute atomic E-state index is 0.0216. The molecule has 0 fully saturated rings. The number of nitrogens with one attached hydrogen (secondary N) is 1. The molecule has 0 unspecified atom stereocenters. The predicted molar refractivity (Wildman–Crippen MR) is 90.4 cm³/mol. The van der Waals surface area contributed by atoms with E-state index in [0.29, 0.717) is 13.0 Å². The first-order valence-electron chi connectivity index (χ1n) is 7.28. The quantitative estimate of drug-likeness (QED) is 0.816. The van der Waals surface area contributed by atoms with Gasteiger partial charge in [0.2, 0.25) is 5.91 Å². The average molecular weight is 295 g/mol. The molecule has 3 heteroatoms. The highest BCUT2D eigenvalue weighted by atomic mass is 16.5. The summed E-state index contributed by atoms with van der Waals surface area (Å²) >= 11 is 0. The third kappa shape index (κ3) is 4.48. The van der Waals surface area contributed by atoms with Gasteiger partial charge in [-0.1, -0.05) is 36.4 Å². The Morgan fingerprint density at radius 2 is 1.91 bits per heavy atom. The van der Waals surface area contributed by atoms with Crippen molar-refractivity contribution in [2.45, 2.75) is 20.3 Å². The van der Waals surface area contributed by atoms with Gasteiger partial charge in [-0.05, 0) is 49.2 Å². The first-order valence-corrected chi connectivity index (χ1v) is 7.28.